The number of halogens is 2. The molecule has 29 heavy (non-hydrogen) atoms. The molecule has 1 aromatic carbocycles. The van der Waals surface area contributed by atoms with Gasteiger partial charge < -0.3 is 4.74 Å². The van der Waals surface area contributed by atoms with E-state index in [0.717, 1.165) is 32.1 Å². The van der Waals surface area contributed by atoms with Crippen molar-refractivity contribution >= 4 is 55.3 Å². The Morgan fingerprint density at radius 2 is 1.59 bits per heavy atom. The van der Waals surface area contributed by atoms with Crippen LogP contribution in [0.4, 0.5) is 5.69 Å². The summed E-state index contributed by atoms with van der Waals surface area (Å²) in [4.78, 5) is 40.7. The van der Waals surface area contributed by atoms with Crippen LogP contribution in [-0.2, 0) is 14.3 Å². The summed E-state index contributed by atoms with van der Waals surface area (Å²) < 4.78 is 5.66. The first-order valence-electron chi connectivity index (χ1n) is 10.4. The molecule has 5 rings (SSSR count). The molecule has 6 atom stereocenters. The average molecular weight is 525 g/mol. The summed E-state index contributed by atoms with van der Waals surface area (Å²) in [5.41, 5.74) is 0.870. The fraction of sp³-hybridized carbons (Fsp3) is 0.591. The number of amides is 2. The molecule has 0 aromatic heterocycles. The first-order valence-corrected chi connectivity index (χ1v) is 12.3. The lowest BCUT2D eigenvalue weighted by Gasteiger charge is -2.28. The fourth-order valence-corrected chi connectivity index (χ4v) is 7.65. The Hall–Kier alpha value is -1.21. The minimum absolute atomic E-state index is 0.0309. The van der Waals surface area contributed by atoms with Crippen LogP contribution in [0.3, 0.4) is 0 Å². The number of alkyl halides is 2. The molecule has 1 aliphatic heterocycles. The van der Waals surface area contributed by atoms with Crippen molar-refractivity contribution in [2.45, 2.75) is 54.3 Å². The second-order valence-corrected chi connectivity index (χ2v) is 10.8. The number of carbonyl (C=O) groups excluding carboxylic acids is 3. The second kappa shape index (κ2) is 7.49. The summed E-state index contributed by atoms with van der Waals surface area (Å²) in [7, 11) is 0. The van der Waals surface area contributed by atoms with Crippen LogP contribution >= 0.6 is 31.9 Å². The molecule has 1 aromatic rings. The normalized spacial score (nSPS) is 36.6. The summed E-state index contributed by atoms with van der Waals surface area (Å²) in [5, 5.41) is 0. The zero-order valence-electron chi connectivity index (χ0n) is 15.9. The number of rotatable bonds is 3. The van der Waals surface area contributed by atoms with Crippen LogP contribution in [0.15, 0.2) is 24.3 Å². The smallest absolute Gasteiger partial charge is 0.338 e. The SMILES string of the molecule is O=C(OC1CCCCC1)c1cccc(N2C(=O)[C@@H]3[C@H]4C[C@@H]([C@H](Br)[C@H]4Br)[C@@H]3C2=O)c1. The van der Waals surface area contributed by atoms with E-state index in [1.807, 2.05) is 0 Å². The Kier molecular flexibility index (Phi) is 5.09. The summed E-state index contributed by atoms with van der Waals surface area (Å²) in [6.07, 6.45) is 6.05. The van der Waals surface area contributed by atoms with Crippen molar-refractivity contribution in [3.8, 4) is 0 Å². The predicted octanol–water partition coefficient (Wildman–Crippen LogP) is 4.46. The number of anilines is 1. The monoisotopic (exact) mass is 523 g/mol. The van der Waals surface area contributed by atoms with Gasteiger partial charge in [0.05, 0.1) is 23.1 Å². The Labute approximate surface area is 186 Å². The van der Waals surface area contributed by atoms with Crippen molar-refractivity contribution < 1.29 is 19.1 Å². The van der Waals surface area contributed by atoms with Gasteiger partial charge in [-0.1, -0.05) is 44.3 Å². The lowest BCUT2D eigenvalue weighted by Crippen LogP contribution is -2.37. The first kappa shape index (κ1) is 19.7. The van der Waals surface area contributed by atoms with Gasteiger partial charge in [-0.25, -0.2) is 4.79 Å². The molecule has 0 N–H and O–H groups in total. The third-order valence-electron chi connectivity index (χ3n) is 7.15. The van der Waals surface area contributed by atoms with E-state index in [0.29, 0.717) is 11.3 Å². The highest BCUT2D eigenvalue weighted by Crippen LogP contribution is 2.60. The van der Waals surface area contributed by atoms with Gasteiger partial charge in [0, 0.05) is 9.65 Å². The van der Waals surface area contributed by atoms with Crippen LogP contribution < -0.4 is 4.90 Å². The molecular formula is C22H23Br2NO4. The van der Waals surface area contributed by atoms with Crippen molar-refractivity contribution in [1.82, 2.24) is 0 Å². The van der Waals surface area contributed by atoms with E-state index < -0.39 is 0 Å². The van der Waals surface area contributed by atoms with E-state index in [1.165, 1.54) is 11.3 Å². The topological polar surface area (TPSA) is 63.7 Å². The minimum atomic E-state index is -0.376. The van der Waals surface area contributed by atoms with Crippen LogP contribution in [0.5, 0.6) is 0 Å². The van der Waals surface area contributed by atoms with E-state index in [-0.39, 0.29) is 57.2 Å². The van der Waals surface area contributed by atoms with Crippen molar-refractivity contribution in [2.75, 3.05) is 4.90 Å². The van der Waals surface area contributed by atoms with Crippen LogP contribution in [0.2, 0.25) is 0 Å². The van der Waals surface area contributed by atoms with Gasteiger partial charge in [-0.05, 0) is 62.1 Å². The maximum Gasteiger partial charge on any atom is 0.338 e. The zero-order valence-corrected chi connectivity index (χ0v) is 19.1. The van der Waals surface area contributed by atoms with E-state index >= 15 is 0 Å². The lowest BCUT2D eigenvalue weighted by atomic mass is 9.81. The molecule has 4 aliphatic rings. The van der Waals surface area contributed by atoms with Crippen molar-refractivity contribution in [3.63, 3.8) is 0 Å². The maximum absolute atomic E-state index is 13.2. The van der Waals surface area contributed by atoms with Crippen molar-refractivity contribution in [1.29, 1.82) is 0 Å². The Balaban J connectivity index is 1.38. The summed E-state index contributed by atoms with van der Waals surface area (Å²) in [5.74, 6) is -0.806. The summed E-state index contributed by atoms with van der Waals surface area (Å²) in [6.45, 7) is 0. The van der Waals surface area contributed by atoms with Crippen LogP contribution in [0, 0.1) is 23.7 Å². The number of fused-ring (bicyclic) bond motifs is 5. The quantitative estimate of drug-likeness (QED) is 0.333. The Morgan fingerprint density at radius 1 is 0.966 bits per heavy atom. The van der Waals surface area contributed by atoms with Gasteiger partial charge in [0.2, 0.25) is 11.8 Å². The first-order chi connectivity index (χ1) is 14.0. The maximum atomic E-state index is 13.2. The number of nitrogens with zero attached hydrogens (tertiary/aromatic N) is 1. The standard InChI is InChI=1S/C22H23Br2NO4/c23-18-14-10-15(19(18)24)17-16(14)20(26)25(21(17)27)12-6-4-5-11(9-12)22(28)29-13-7-2-1-3-8-13/h4-6,9,13-19H,1-3,7-8,10H2/t14-,15-,16-,17+,18+,19+/m1/s1. The molecule has 2 amide bonds. The van der Waals surface area contributed by atoms with Gasteiger partial charge in [0.15, 0.2) is 0 Å². The molecule has 2 bridgehead atoms. The number of imide groups is 1. The van der Waals surface area contributed by atoms with Gasteiger partial charge in [-0.15, -0.1) is 0 Å². The average Bonchev–Trinajstić information content (AvgIpc) is 3.33. The van der Waals surface area contributed by atoms with Gasteiger partial charge in [-0.2, -0.15) is 0 Å². The minimum Gasteiger partial charge on any atom is -0.459 e. The molecule has 3 aliphatic carbocycles. The van der Waals surface area contributed by atoms with Gasteiger partial charge in [0.1, 0.15) is 6.10 Å². The Morgan fingerprint density at radius 3 is 2.21 bits per heavy atom. The molecule has 1 heterocycles. The molecule has 5 nitrogen and oxygen atoms in total. The zero-order chi connectivity index (χ0) is 20.3. The summed E-state index contributed by atoms with van der Waals surface area (Å²) >= 11 is 7.42. The third kappa shape index (κ3) is 3.11. The van der Waals surface area contributed by atoms with Gasteiger partial charge in [0.25, 0.3) is 0 Å². The molecule has 4 fully saturated rings. The number of benzene rings is 1. The highest BCUT2D eigenvalue weighted by atomic mass is 79.9. The van der Waals surface area contributed by atoms with Crippen molar-refractivity contribution in [3.05, 3.63) is 29.8 Å². The molecule has 1 saturated heterocycles. The molecular weight excluding hydrogens is 502 g/mol. The van der Waals surface area contributed by atoms with Gasteiger partial charge >= 0.3 is 5.97 Å². The molecule has 154 valence electrons. The van der Waals surface area contributed by atoms with Crippen LogP contribution in [0.1, 0.15) is 48.9 Å². The van der Waals surface area contributed by atoms with Crippen LogP contribution in [0.25, 0.3) is 0 Å². The number of hydrogen-bond acceptors (Lipinski definition) is 4. The number of esters is 1. The predicted molar refractivity (Wildman–Crippen MR) is 115 cm³/mol. The second-order valence-electron chi connectivity index (χ2n) is 8.73. The number of hydrogen-bond donors (Lipinski definition) is 0. The third-order valence-corrected chi connectivity index (χ3v) is 10.4. The Bertz CT molecular complexity index is 836. The highest BCUT2D eigenvalue weighted by Gasteiger charge is 2.66. The van der Waals surface area contributed by atoms with E-state index in [1.54, 1.807) is 24.3 Å². The molecule has 7 heteroatoms. The molecule has 0 spiro atoms. The summed E-state index contributed by atoms with van der Waals surface area (Å²) in [6, 6.07) is 6.76. The van der Waals surface area contributed by atoms with Gasteiger partial charge in [-0.3, -0.25) is 14.5 Å². The lowest BCUT2D eigenvalue weighted by molar-refractivity contribution is -0.123. The molecule has 3 saturated carbocycles. The molecule has 0 radical (unpaired) electrons. The van der Waals surface area contributed by atoms with Crippen LogP contribution in [-0.4, -0.2) is 33.5 Å². The largest absolute Gasteiger partial charge is 0.459 e. The number of carbonyl (C=O) groups is 3. The van der Waals surface area contributed by atoms with E-state index in [4.69, 9.17) is 4.74 Å². The molecule has 0 unspecified atom stereocenters. The van der Waals surface area contributed by atoms with E-state index in [2.05, 4.69) is 31.9 Å². The number of ether oxygens (including phenoxy) is 1. The fourth-order valence-electron chi connectivity index (χ4n) is 5.78. The van der Waals surface area contributed by atoms with E-state index in [9.17, 15) is 14.4 Å². The van der Waals surface area contributed by atoms with Crippen molar-refractivity contribution in [2.24, 2.45) is 23.7 Å². The highest BCUT2D eigenvalue weighted by molar-refractivity contribution is 9.12.